The predicted octanol–water partition coefficient (Wildman–Crippen LogP) is 1.63. The molecule has 25 heavy (non-hydrogen) atoms. The Morgan fingerprint density at radius 2 is 1.80 bits per heavy atom. The van der Waals surface area contributed by atoms with Crippen LogP contribution in [0.2, 0.25) is 0 Å². The molecule has 0 amide bonds. The molecule has 2 aliphatic heterocycles. The quantitative estimate of drug-likeness (QED) is 0.820. The Morgan fingerprint density at radius 1 is 1.08 bits per heavy atom. The summed E-state index contributed by atoms with van der Waals surface area (Å²) >= 11 is 5.60. The molecule has 0 saturated carbocycles. The molecular formula is C19H30N4OS. The molecule has 0 spiro atoms. The molecule has 0 unspecified atom stereocenters. The van der Waals surface area contributed by atoms with Gasteiger partial charge in [-0.15, -0.1) is 0 Å². The minimum absolute atomic E-state index is 0.852. The Balaban J connectivity index is 1.42. The largest absolute Gasteiger partial charge is 0.379 e. The van der Waals surface area contributed by atoms with Gasteiger partial charge in [0.25, 0.3) is 0 Å². The number of hydrogen-bond acceptors (Lipinski definition) is 4. The number of morpholine rings is 1. The SMILES string of the molecule is Cc1cccc(N2CCN(C(=S)NCCN3CCOCC3)CC2)c1C. The molecule has 2 fully saturated rings. The zero-order valence-corrected chi connectivity index (χ0v) is 16.3. The fourth-order valence-corrected chi connectivity index (χ4v) is 3.77. The lowest BCUT2D eigenvalue weighted by molar-refractivity contribution is 0.0388. The monoisotopic (exact) mass is 362 g/mol. The van der Waals surface area contributed by atoms with Gasteiger partial charge in [-0.25, -0.2) is 0 Å². The van der Waals surface area contributed by atoms with Gasteiger partial charge in [-0.05, 0) is 43.3 Å². The van der Waals surface area contributed by atoms with Gasteiger partial charge in [-0.2, -0.15) is 0 Å². The summed E-state index contributed by atoms with van der Waals surface area (Å²) in [5.41, 5.74) is 4.12. The molecule has 0 aliphatic carbocycles. The number of ether oxygens (including phenoxy) is 1. The summed E-state index contributed by atoms with van der Waals surface area (Å²) in [5, 5.41) is 4.33. The van der Waals surface area contributed by atoms with Crippen molar-refractivity contribution in [2.24, 2.45) is 0 Å². The maximum absolute atomic E-state index is 5.60. The lowest BCUT2D eigenvalue weighted by Crippen LogP contribution is -2.52. The third-order valence-electron chi connectivity index (χ3n) is 5.29. The van der Waals surface area contributed by atoms with Crippen molar-refractivity contribution in [2.45, 2.75) is 13.8 Å². The minimum atomic E-state index is 0.852. The van der Waals surface area contributed by atoms with Crippen LogP contribution in [-0.4, -0.2) is 80.5 Å². The predicted molar refractivity (Wildman–Crippen MR) is 108 cm³/mol. The zero-order valence-electron chi connectivity index (χ0n) is 15.5. The van der Waals surface area contributed by atoms with E-state index in [0.29, 0.717) is 0 Å². The molecule has 1 aromatic carbocycles. The van der Waals surface area contributed by atoms with E-state index in [9.17, 15) is 0 Å². The number of hydrogen-bond donors (Lipinski definition) is 1. The van der Waals surface area contributed by atoms with Gasteiger partial charge in [0.2, 0.25) is 0 Å². The second-order valence-electron chi connectivity index (χ2n) is 6.88. The van der Waals surface area contributed by atoms with Gasteiger partial charge in [0.1, 0.15) is 0 Å². The Morgan fingerprint density at radius 3 is 2.52 bits per heavy atom. The van der Waals surface area contributed by atoms with Crippen molar-refractivity contribution >= 4 is 23.0 Å². The van der Waals surface area contributed by atoms with Gasteiger partial charge in [-0.3, -0.25) is 4.90 Å². The average Bonchev–Trinajstić information content (AvgIpc) is 2.65. The van der Waals surface area contributed by atoms with E-state index in [4.69, 9.17) is 17.0 Å². The Labute approximate surface area is 156 Å². The maximum Gasteiger partial charge on any atom is 0.169 e. The van der Waals surface area contributed by atoms with Crippen LogP contribution in [0.1, 0.15) is 11.1 Å². The lowest BCUT2D eigenvalue weighted by Gasteiger charge is -2.38. The van der Waals surface area contributed by atoms with Crippen LogP contribution < -0.4 is 10.2 Å². The van der Waals surface area contributed by atoms with Crippen LogP contribution in [0.15, 0.2) is 18.2 Å². The Kier molecular flexibility index (Phi) is 6.51. The van der Waals surface area contributed by atoms with Gasteiger partial charge in [0.15, 0.2) is 5.11 Å². The van der Waals surface area contributed by atoms with Crippen LogP contribution in [0.5, 0.6) is 0 Å². The Bertz CT molecular complexity index is 581. The third-order valence-corrected chi connectivity index (χ3v) is 5.69. The van der Waals surface area contributed by atoms with Crippen molar-refractivity contribution < 1.29 is 4.74 Å². The summed E-state index contributed by atoms with van der Waals surface area (Å²) in [6.45, 7) is 14.1. The van der Waals surface area contributed by atoms with Crippen molar-refractivity contribution in [1.29, 1.82) is 0 Å². The Hall–Kier alpha value is -1.37. The molecule has 2 aliphatic rings. The van der Waals surface area contributed by atoms with Crippen LogP contribution in [0.25, 0.3) is 0 Å². The maximum atomic E-state index is 5.60. The second-order valence-corrected chi connectivity index (χ2v) is 7.27. The first kappa shape index (κ1) is 18.4. The number of rotatable bonds is 4. The summed E-state index contributed by atoms with van der Waals surface area (Å²) in [7, 11) is 0. The fraction of sp³-hybridized carbons (Fsp3) is 0.632. The van der Waals surface area contributed by atoms with Gasteiger partial charge >= 0.3 is 0 Å². The first-order chi connectivity index (χ1) is 12.1. The number of nitrogens with zero attached hydrogens (tertiary/aromatic N) is 3. The highest BCUT2D eigenvalue weighted by Gasteiger charge is 2.20. The van der Waals surface area contributed by atoms with Crippen molar-refractivity contribution in [2.75, 3.05) is 70.5 Å². The second kappa shape index (κ2) is 8.83. The molecule has 1 N–H and O–H groups in total. The molecule has 2 heterocycles. The van der Waals surface area contributed by atoms with E-state index in [1.807, 2.05) is 0 Å². The molecule has 0 radical (unpaired) electrons. The molecule has 5 nitrogen and oxygen atoms in total. The highest BCUT2D eigenvalue weighted by atomic mass is 32.1. The van der Waals surface area contributed by atoms with Gasteiger partial charge < -0.3 is 19.9 Å². The van der Waals surface area contributed by atoms with Crippen molar-refractivity contribution in [1.82, 2.24) is 15.1 Å². The highest BCUT2D eigenvalue weighted by molar-refractivity contribution is 7.80. The number of thiocarbonyl (C=S) groups is 1. The van der Waals surface area contributed by atoms with Crippen LogP contribution in [-0.2, 0) is 4.74 Å². The van der Waals surface area contributed by atoms with E-state index >= 15 is 0 Å². The molecule has 0 aromatic heterocycles. The van der Waals surface area contributed by atoms with Gasteiger partial charge in [-0.1, -0.05) is 12.1 Å². The fourth-order valence-electron chi connectivity index (χ4n) is 3.49. The van der Waals surface area contributed by atoms with E-state index in [2.05, 4.69) is 52.1 Å². The van der Waals surface area contributed by atoms with E-state index in [1.165, 1.54) is 16.8 Å². The molecule has 3 rings (SSSR count). The smallest absolute Gasteiger partial charge is 0.169 e. The molecule has 2 saturated heterocycles. The summed E-state index contributed by atoms with van der Waals surface area (Å²) in [4.78, 5) is 7.21. The highest BCUT2D eigenvalue weighted by Crippen LogP contribution is 2.23. The molecular weight excluding hydrogens is 332 g/mol. The topological polar surface area (TPSA) is 31.0 Å². The number of nitrogens with one attached hydrogen (secondary N) is 1. The number of anilines is 1. The number of benzene rings is 1. The standard InChI is InChI=1S/C19H30N4OS/c1-16-4-3-5-18(17(16)2)22-8-10-23(11-9-22)19(25)20-6-7-21-12-14-24-15-13-21/h3-5H,6-15H2,1-2H3,(H,20,25). The molecule has 138 valence electrons. The summed E-state index contributed by atoms with van der Waals surface area (Å²) in [6.07, 6.45) is 0. The van der Waals surface area contributed by atoms with E-state index in [1.54, 1.807) is 0 Å². The normalized spacial score (nSPS) is 19.1. The van der Waals surface area contributed by atoms with Crippen molar-refractivity contribution in [3.63, 3.8) is 0 Å². The van der Waals surface area contributed by atoms with Crippen molar-refractivity contribution in [3.8, 4) is 0 Å². The molecule has 0 bridgehead atoms. The van der Waals surface area contributed by atoms with E-state index < -0.39 is 0 Å². The number of aryl methyl sites for hydroxylation is 1. The van der Waals surface area contributed by atoms with Crippen LogP contribution >= 0.6 is 12.2 Å². The van der Waals surface area contributed by atoms with Gasteiger partial charge in [0.05, 0.1) is 13.2 Å². The van der Waals surface area contributed by atoms with Crippen LogP contribution in [0, 0.1) is 13.8 Å². The minimum Gasteiger partial charge on any atom is -0.379 e. The lowest BCUT2D eigenvalue weighted by atomic mass is 10.1. The average molecular weight is 363 g/mol. The first-order valence-corrected chi connectivity index (χ1v) is 9.70. The zero-order chi connectivity index (χ0) is 17.6. The first-order valence-electron chi connectivity index (χ1n) is 9.29. The van der Waals surface area contributed by atoms with Crippen LogP contribution in [0.4, 0.5) is 5.69 Å². The molecule has 0 atom stereocenters. The van der Waals surface area contributed by atoms with E-state index in [0.717, 1.165) is 70.7 Å². The summed E-state index contributed by atoms with van der Waals surface area (Å²) in [6, 6.07) is 6.57. The van der Waals surface area contributed by atoms with E-state index in [-0.39, 0.29) is 0 Å². The molecule has 6 heteroatoms. The summed E-state index contributed by atoms with van der Waals surface area (Å²) in [5.74, 6) is 0. The molecule has 1 aromatic rings. The van der Waals surface area contributed by atoms with Crippen molar-refractivity contribution in [3.05, 3.63) is 29.3 Å². The third kappa shape index (κ3) is 4.84. The van der Waals surface area contributed by atoms with Gasteiger partial charge in [0, 0.05) is 58.0 Å². The number of piperazine rings is 1. The summed E-state index contributed by atoms with van der Waals surface area (Å²) < 4.78 is 5.38. The van der Waals surface area contributed by atoms with Crippen LogP contribution in [0.3, 0.4) is 0 Å².